The molecule has 2 aromatic rings. The number of nitrogens with two attached hydrogens (primary N) is 1. The summed E-state index contributed by atoms with van der Waals surface area (Å²) in [5.41, 5.74) is 7.43. The predicted molar refractivity (Wildman–Crippen MR) is 80.8 cm³/mol. The molecule has 1 heterocycles. The van der Waals surface area contributed by atoms with Gasteiger partial charge in [0, 0.05) is 15.6 Å². The van der Waals surface area contributed by atoms with Crippen LogP contribution < -0.4 is 11.1 Å². The minimum Gasteiger partial charge on any atom is -0.398 e. The lowest BCUT2D eigenvalue weighted by Gasteiger charge is -2.13. The third kappa shape index (κ3) is 3.28. The van der Waals surface area contributed by atoms with Gasteiger partial charge in [0.15, 0.2) is 0 Å². The summed E-state index contributed by atoms with van der Waals surface area (Å²) in [5.74, 6) is -0.104. The van der Waals surface area contributed by atoms with Crippen molar-refractivity contribution in [3.8, 4) is 0 Å². The highest BCUT2D eigenvalue weighted by molar-refractivity contribution is 7.14. The van der Waals surface area contributed by atoms with Crippen molar-refractivity contribution >= 4 is 34.5 Å². The van der Waals surface area contributed by atoms with Gasteiger partial charge in [-0.05, 0) is 37.6 Å². The first-order valence-corrected chi connectivity index (χ1v) is 7.09. The van der Waals surface area contributed by atoms with Crippen molar-refractivity contribution in [2.45, 2.75) is 19.9 Å². The van der Waals surface area contributed by atoms with Gasteiger partial charge < -0.3 is 11.1 Å². The Balaban J connectivity index is 2.08. The zero-order chi connectivity index (χ0) is 14.0. The van der Waals surface area contributed by atoms with Crippen LogP contribution in [0.4, 0.5) is 5.69 Å². The molecule has 1 aromatic heterocycles. The molecule has 100 valence electrons. The molecule has 2 rings (SSSR count). The molecule has 3 nitrogen and oxygen atoms in total. The number of nitrogen functional groups attached to an aromatic ring is 1. The van der Waals surface area contributed by atoms with E-state index in [9.17, 15) is 4.79 Å². The maximum Gasteiger partial charge on any atom is 0.261 e. The van der Waals surface area contributed by atoms with E-state index < -0.39 is 0 Å². The van der Waals surface area contributed by atoms with Crippen LogP contribution in [-0.4, -0.2) is 5.91 Å². The number of carbonyl (C=O) groups excluding carboxylic acids is 1. The first kappa shape index (κ1) is 13.9. The quantitative estimate of drug-likeness (QED) is 0.905. The van der Waals surface area contributed by atoms with E-state index in [0.717, 1.165) is 10.4 Å². The van der Waals surface area contributed by atoms with Crippen molar-refractivity contribution in [1.29, 1.82) is 0 Å². The number of anilines is 1. The Hall–Kier alpha value is -1.52. The second-order valence-corrected chi connectivity index (χ2v) is 6.06. The molecule has 0 spiro atoms. The first-order valence-electron chi connectivity index (χ1n) is 5.89. The molecular formula is C14H15ClN2OS. The first-order chi connectivity index (χ1) is 8.97. The fraction of sp³-hybridized carbons (Fsp3) is 0.214. The standard InChI is InChI=1S/C14H15ClN2OS/c1-8(10-3-5-11(15)6-4-10)17-14(18)13-7-12(16)9(2)19-13/h3-8H,16H2,1-2H3,(H,17,18). The minimum absolute atomic E-state index is 0.0756. The van der Waals surface area contributed by atoms with Gasteiger partial charge in [-0.15, -0.1) is 11.3 Å². The smallest absolute Gasteiger partial charge is 0.261 e. The molecule has 0 aliphatic heterocycles. The number of aryl methyl sites for hydroxylation is 1. The molecule has 0 saturated heterocycles. The third-order valence-electron chi connectivity index (χ3n) is 2.90. The Morgan fingerprint density at radius 2 is 2.00 bits per heavy atom. The maximum atomic E-state index is 12.1. The van der Waals surface area contributed by atoms with Crippen LogP contribution in [0.5, 0.6) is 0 Å². The van der Waals surface area contributed by atoms with E-state index in [0.29, 0.717) is 15.6 Å². The highest BCUT2D eigenvalue weighted by Crippen LogP contribution is 2.24. The molecule has 1 atom stereocenters. The predicted octanol–water partition coefficient (Wildman–Crippen LogP) is 3.78. The zero-order valence-corrected chi connectivity index (χ0v) is 12.3. The van der Waals surface area contributed by atoms with Crippen molar-refractivity contribution in [2.24, 2.45) is 0 Å². The molecule has 1 aromatic carbocycles. The topological polar surface area (TPSA) is 55.1 Å². The van der Waals surface area contributed by atoms with Crippen molar-refractivity contribution in [1.82, 2.24) is 5.32 Å². The summed E-state index contributed by atoms with van der Waals surface area (Å²) >= 11 is 7.24. The summed E-state index contributed by atoms with van der Waals surface area (Å²) in [6.07, 6.45) is 0. The van der Waals surface area contributed by atoms with Gasteiger partial charge in [0.1, 0.15) is 0 Å². The van der Waals surface area contributed by atoms with Crippen molar-refractivity contribution in [3.63, 3.8) is 0 Å². The Bertz CT molecular complexity index is 572. The number of halogens is 1. The van der Waals surface area contributed by atoms with Crippen LogP contribution in [0.15, 0.2) is 30.3 Å². The van der Waals surface area contributed by atoms with Crippen LogP contribution in [0.2, 0.25) is 5.02 Å². The van der Waals surface area contributed by atoms with Crippen molar-refractivity contribution in [3.05, 3.63) is 50.7 Å². The largest absolute Gasteiger partial charge is 0.398 e. The maximum absolute atomic E-state index is 12.1. The van der Waals surface area contributed by atoms with E-state index in [4.69, 9.17) is 17.3 Å². The van der Waals surface area contributed by atoms with Crippen LogP contribution in [0.1, 0.15) is 33.1 Å². The number of rotatable bonds is 3. The molecule has 0 aliphatic carbocycles. The summed E-state index contributed by atoms with van der Waals surface area (Å²) in [4.78, 5) is 13.7. The second-order valence-electron chi connectivity index (χ2n) is 4.37. The van der Waals surface area contributed by atoms with Crippen LogP contribution in [0.25, 0.3) is 0 Å². The molecule has 3 N–H and O–H groups in total. The third-order valence-corrected chi connectivity index (χ3v) is 4.21. The molecule has 0 bridgehead atoms. The fourth-order valence-corrected chi connectivity index (χ4v) is 2.68. The lowest BCUT2D eigenvalue weighted by molar-refractivity contribution is 0.0944. The number of benzene rings is 1. The zero-order valence-electron chi connectivity index (χ0n) is 10.7. The van der Waals surface area contributed by atoms with Crippen LogP contribution in [-0.2, 0) is 0 Å². The average molecular weight is 295 g/mol. The highest BCUT2D eigenvalue weighted by Gasteiger charge is 2.14. The average Bonchev–Trinajstić information content (AvgIpc) is 2.70. The number of hydrogen-bond acceptors (Lipinski definition) is 3. The molecule has 1 unspecified atom stereocenters. The van der Waals surface area contributed by atoms with Gasteiger partial charge in [-0.2, -0.15) is 0 Å². The number of amides is 1. The minimum atomic E-state index is -0.104. The SMILES string of the molecule is Cc1sc(C(=O)NC(C)c2ccc(Cl)cc2)cc1N. The summed E-state index contributed by atoms with van der Waals surface area (Å²) in [6.45, 7) is 3.84. The van der Waals surface area contributed by atoms with E-state index in [1.807, 2.05) is 38.1 Å². The van der Waals surface area contributed by atoms with Gasteiger partial charge in [0.05, 0.1) is 10.9 Å². The molecular weight excluding hydrogens is 280 g/mol. The van der Waals surface area contributed by atoms with Crippen molar-refractivity contribution in [2.75, 3.05) is 5.73 Å². The Kier molecular flexibility index (Phi) is 4.12. The van der Waals surface area contributed by atoms with Gasteiger partial charge in [-0.3, -0.25) is 4.79 Å². The van der Waals surface area contributed by atoms with Crippen LogP contribution in [0.3, 0.4) is 0 Å². The molecule has 1 amide bonds. The van der Waals surface area contributed by atoms with E-state index in [1.54, 1.807) is 6.07 Å². The Morgan fingerprint density at radius 3 is 2.53 bits per heavy atom. The number of carbonyl (C=O) groups is 1. The molecule has 0 saturated carbocycles. The summed E-state index contributed by atoms with van der Waals surface area (Å²) in [5, 5.41) is 3.63. The molecule has 0 aliphatic rings. The molecule has 0 radical (unpaired) electrons. The summed E-state index contributed by atoms with van der Waals surface area (Å²) in [6, 6.07) is 9.07. The summed E-state index contributed by atoms with van der Waals surface area (Å²) in [7, 11) is 0. The number of nitrogens with one attached hydrogen (secondary N) is 1. The van der Waals surface area contributed by atoms with Gasteiger partial charge in [0.25, 0.3) is 5.91 Å². The van der Waals surface area contributed by atoms with E-state index in [1.165, 1.54) is 11.3 Å². The van der Waals surface area contributed by atoms with Gasteiger partial charge in [0.2, 0.25) is 0 Å². The Morgan fingerprint density at radius 1 is 1.37 bits per heavy atom. The lowest BCUT2D eigenvalue weighted by Crippen LogP contribution is -2.25. The normalized spacial score (nSPS) is 12.2. The lowest BCUT2D eigenvalue weighted by atomic mass is 10.1. The van der Waals surface area contributed by atoms with Gasteiger partial charge in [-0.1, -0.05) is 23.7 Å². The molecule has 5 heteroatoms. The van der Waals surface area contributed by atoms with Crippen LogP contribution in [0, 0.1) is 6.92 Å². The number of thiophene rings is 1. The van der Waals surface area contributed by atoms with Gasteiger partial charge >= 0.3 is 0 Å². The second kappa shape index (κ2) is 5.63. The van der Waals surface area contributed by atoms with Gasteiger partial charge in [-0.25, -0.2) is 0 Å². The Labute approximate surface area is 121 Å². The molecule has 0 fully saturated rings. The monoisotopic (exact) mass is 294 g/mol. The van der Waals surface area contributed by atoms with Crippen molar-refractivity contribution < 1.29 is 4.79 Å². The fourth-order valence-electron chi connectivity index (χ4n) is 1.71. The van der Waals surface area contributed by atoms with Crippen LogP contribution >= 0.6 is 22.9 Å². The van der Waals surface area contributed by atoms with E-state index >= 15 is 0 Å². The molecule has 19 heavy (non-hydrogen) atoms. The van der Waals surface area contributed by atoms with E-state index in [-0.39, 0.29) is 11.9 Å². The van der Waals surface area contributed by atoms with E-state index in [2.05, 4.69) is 5.32 Å². The highest BCUT2D eigenvalue weighted by atomic mass is 35.5. The summed E-state index contributed by atoms with van der Waals surface area (Å²) < 4.78 is 0. The number of hydrogen-bond donors (Lipinski definition) is 2.